The molecule has 0 radical (unpaired) electrons. The SMILES string of the molecule is CC(C)c1nc2c(n1C)CCN(Cc1nc3c(F)cccc3[nH]1)C2. The fourth-order valence-corrected chi connectivity index (χ4v) is 3.59. The van der Waals surface area contributed by atoms with Crippen LogP contribution in [0.1, 0.15) is 42.8 Å². The maximum atomic E-state index is 13.8. The minimum Gasteiger partial charge on any atom is -0.341 e. The Hall–Kier alpha value is -2.21. The Labute approximate surface area is 140 Å². The maximum absolute atomic E-state index is 13.8. The second kappa shape index (κ2) is 5.70. The van der Waals surface area contributed by atoms with Crippen LogP contribution in [0.15, 0.2) is 18.2 Å². The Morgan fingerprint density at radius 2 is 2.12 bits per heavy atom. The Balaban J connectivity index is 1.56. The molecule has 0 amide bonds. The number of fused-ring (bicyclic) bond motifs is 2. The number of benzene rings is 1. The summed E-state index contributed by atoms with van der Waals surface area (Å²) in [6.07, 6.45) is 0.986. The topological polar surface area (TPSA) is 49.7 Å². The Morgan fingerprint density at radius 1 is 1.29 bits per heavy atom. The minimum absolute atomic E-state index is 0.276. The van der Waals surface area contributed by atoms with Gasteiger partial charge >= 0.3 is 0 Å². The second-order valence-corrected chi connectivity index (χ2v) is 6.86. The van der Waals surface area contributed by atoms with Crippen molar-refractivity contribution >= 4 is 11.0 Å². The summed E-state index contributed by atoms with van der Waals surface area (Å²) in [4.78, 5) is 14.8. The zero-order chi connectivity index (χ0) is 16.8. The molecule has 0 atom stereocenters. The van der Waals surface area contributed by atoms with Gasteiger partial charge in [0.2, 0.25) is 0 Å². The highest BCUT2D eigenvalue weighted by atomic mass is 19.1. The van der Waals surface area contributed by atoms with E-state index in [0.717, 1.165) is 42.4 Å². The van der Waals surface area contributed by atoms with Crippen molar-refractivity contribution < 1.29 is 4.39 Å². The molecule has 0 unspecified atom stereocenters. The summed E-state index contributed by atoms with van der Waals surface area (Å²) < 4.78 is 16.0. The van der Waals surface area contributed by atoms with Crippen molar-refractivity contribution in [1.29, 1.82) is 0 Å². The molecular formula is C18H22FN5. The summed E-state index contributed by atoms with van der Waals surface area (Å²) in [6.45, 7) is 6.81. The van der Waals surface area contributed by atoms with Gasteiger partial charge in [-0.1, -0.05) is 19.9 Å². The molecule has 24 heavy (non-hydrogen) atoms. The lowest BCUT2D eigenvalue weighted by molar-refractivity contribution is 0.235. The van der Waals surface area contributed by atoms with Crippen molar-refractivity contribution in [3.63, 3.8) is 0 Å². The lowest BCUT2D eigenvalue weighted by Crippen LogP contribution is -2.31. The van der Waals surface area contributed by atoms with E-state index in [4.69, 9.17) is 4.98 Å². The molecule has 0 fully saturated rings. The van der Waals surface area contributed by atoms with Crippen molar-refractivity contribution in [2.45, 2.75) is 39.3 Å². The zero-order valence-corrected chi connectivity index (χ0v) is 14.3. The summed E-state index contributed by atoms with van der Waals surface area (Å²) in [6, 6.07) is 5.01. The van der Waals surface area contributed by atoms with Crippen molar-refractivity contribution in [3.8, 4) is 0 Å². The third kappa shape index (κ3) is 2.51. The molecule has 0 bridgehead atoms. The summed E-state index contributed by atoms with van der Waals surface area (Å²) in [5.41, 5.74) is 3.67. The largest absolute Gasteiger partial charge is 0.341 e. The molecule has 4 rings (SSSR count). The Kier molecular flexibility index (Phi) is 3.64. The molecule has 3 aromatic rings. The monoisotopic (exact) mass is 327 g/mol. The minimum atomic E-state index is -0.276. The zero-order valence-electron chi connectivity index (χ0n) is 14.3. The van der Waals surface area contributed by atoms with Crippen LogP contribution in [0.2, 0.25) is 0 Å². The van der Waals surface area contributed by atoms with Crippen molar-refractivity contribution in [2.24, 2.45) is 7.05 Å². The van der Waals surface area contributed by atoms with Crippen LogP contribution in [0.3, 0.4) is 0 Å². The maximum Gasteiger partial charge on any atom is 0.151 e. The number of para-hydroxylation sites is 1. The van der Waals surface area contributed by atoms with E-state index in [1.54, 1.807) is 6.07 Å². The first kappa shape index (κ1) is 15.3. The van der Waals surface area contributed by atoms with Gasteiger partial charge in [0, 0.05) is 38.2 Å². The van der Waals surface area contributed by atoms with Crippen LogP contribution in [0, 0.1) is 5.82 Å². The Bertz CT molecular complexity index is 892. The average Bonchev–Trinajstić information content (AvgIpc) is 3.09. The second-order valence-electron chi connectivity index (χ2n) is 6.86. The molecule has 0 aliphatic carbocycles. The molecule has 2 aromatic heterocycles. The lowest BCUT2D eigenvalue weighted by Gasteiger charge is -2.25. The predicted molar refractivity (Wildman–Crippen MR) is 91.2 cm³/mol. The molecule has 1 N–H and O–H groups in total. The van der Waals surface area contributed by atoms with E-state index in [-0.39, 0.29) is 5.82 Å². The van der Waals surface area contributed by atoms with Crippen LogP contribution in [-0.2, 0) is 26.6 Å². The van der Waals surface area contributed by atoms with Crippen LogP contribution in [0.4, 0.5) is 4.39 Å². The summed E-state index contributed by atoms with van der Waals surface area (Å²) in [5, 5.41) is 0. The highest BCUT2D eigenvalue weighted by Gasteiger charge is 2.24. The number of hydrogen-bond donors (Lipinski definition) is 1. The smallest absolute Gasteiger partial charge is 0.151 e. The van der Waals surface area contributed by atoms with E-state index in [1.807, 2.05) is 6.07 Å². The molecule has 1 aliphatic heterocycles. The van der Waals surface area contributed by atoms with Crippen LogP contribution < -0.4 is 0 Å². The molecular weight excluding hydrogens is 305 g/mol. The van der Waals surface area contributed by atoms with Crippen molar-refractivity contribution in [1.82, 2.24) is 24.4 Å². The van der Waals surface area contributed by atoms with Crippen LogP contribution in [-0.4, -0.2) is 31.0 Å². The molecule has 0 saturated carbocycles. The third-order valence-electron chi connectivity index (χ3n) is 4.77. The van der Waals surface area contributed by atoms with Gasteiger partial charge < -0.3 is 9.55 Å². The highest BCUT2D eigenvalue weighted by molar-refractivity contribution is 5.75. The van der Waals surface area contributed by atoms with Gasteiger partial charge in [0.05, 0.1) is 17.8 Å². The van der Waals surface area contributed by atoms with E-state index < -0.39 is 0 Å². The number of halogens is 1. The number of imidazole rings is 2. The van der Waals surface area contributed by atoms with Gasteiger partial charge in [0.15, 0.2) is 5.82 Å². The standard InChI is InChI=1S/C18H22FN5/c1-11(2)18-21-14-9-24(8-7-15(14)23(18)3)10-16-20-13-6-4-5-12(19)17(13)22-16/h4-6,11H,7-10H2,1-3H3,(H,20,22). The van der Waals surface area contributed by atoms with Crippen molar-refractivity contribution in [2.75, 3.05) is 6.54 Å². The van der Waals surface area contributed by atoms with Gasteiger partial charge in [-0.25, -0.2) is 14.4 Å². The van der Waals surface area contributed by atoms with Crippen molar-refractivity contribution in [3.05, 3.63) is 47.1 Å². The van der Waals surface area contributed by atoms with Gasteiger partial charge in [-0.3, -0.25) is 4.90 Å². The molecule has 6 heteroatoms. The highest BCUT2D eigenvalue weighted by Crippen LogP contribution is 2.24. The van der Waals surface area contributed by atoms with E-state index in [0.29, 0.717) is 18.0 Å². The first-order valence-electron chi connectivity index (χ1n) is 8.42. The van der Waals surface area contributed by atoms with E-state index >= 15 is 0 Å². The number of H-pyrrole nitrogens is 1. The fourth-order valence-electron chi connectivity index (χ4n) is 3.59. The van der Waals surface area contributed by atoms with Gasteiger partial charge in [-0.15, -0.1) is 0 Å². The number of aromatic nitrogens is 4. The summed E-state index contributed by atoms with van der Waals surface area (Å²) in [7, 11) is 2.11. The van der Waals surface area contributed by atoms with E-state index in [9.17, 15) is 4.39 Å². The third-order valence-corrected chi connectivity index (χ3v) is 4.77. The van der Waals surface area contributed by atoms with Crippen LogP contribution in [0.5, 0.6) is 0 Å². The first-order valence-corrected chi connectivity index (χ1v) is 8.42. The molecule has 1 aliphatic rings. The number of aromatic amines is 1. The predicted octanol–water partition coefficient (Wildman–Crippen LogP) is 3.12. The molecule has 1 aromatic carbocycles. The number of nitrogens with one attached hydrogen (secondary N) is 1. The van der Waals surface area contributed by atoms with Crippen LogP contribution >= 0.6 is 0 Å². The molecule has 5 nitrogen and oxygen atoms in total. The number of nitrogens with zero attached hydrogens (tertiary/aromatic N) is 4. The molecule has 0 saturated heterocycles. The number of rotatable bonds is 3. The average molecular weight is 327 g/mol. The molecule has 0 spiro atoms. The lowest BCUT2D eigenvalue weighted by atomic mass is 10.1. The first-order chi connectivity index (χ1) is 11.5. The quantitative estimate of drug-likeness (QED) is 0.804. The fraction of sp³-hybridized carbons (Fsp3) is 0.444. The molecule has 3 heterocycles. The molecule has 126 valence electrons. The van der Waals surface area contributed by atoms with E-state index in [2.05, 4.69) is 40.3 Å². The summed E-state index contributed by atoms with van der Waals surface area (Å²) >= 11 is 0. The van der Waals surface area contributed by atoms with Gasteiger partial charge in [0.25, 0.3) is 0 Å². The summed E-state index contributed by atoms with van der Waals surface area (Å²) in [5.74, 6) is 2.10. The van der Waals surface area contributed by atoms with E-state index in [1.165, 1.54) is 11.8 Å². The van der Waals surface area contributed by atoms with Crippen LogP contribution in [0.25, 0.3) is 11.0 Å². The van der Waals surface area contributed by atoms with Gasteiger partial charge in [-0.2, -0.15) is 0 Å². The number of hydrogen-bond acceptors (Lipinski definition) is 3. The Morgan fingerprint density at radius 3 is 2.88 bits per heavy atom. The van der Waals surface area contributed by atoms with Gasteiger partial charge in [-0.05, 0) is 12.1 Å². The van der Waals surface area contributed by atoms with Gasteiger partial charge in [0.1, 0.15) is 17.2 Å². The normalized spacial score (nSPS) is 15.4.